The lowest BCUT2D eigenvalue weighted by Gasteiger charge is -2.17. The highest BCUT2D eigenvalue weighted by Gasteiger charge is 2.13. The van der Waals surface area contributed by atoms with Crippen molar-refractivity contribution < 1.29 is 0 Å². The van der Waals surface area contributed by atoms with Gasteiger partial charge in [0.25, 0.3) is 0 Å². The lowest BCUT2D eigenvalue weighted by atomic mass is 10.0. The van der Waals surface area contributed by atoms with Crippen molar-refractivity contribution in [2.45, 2.75) is 19.4 Å². The third kappa shape index (κ3) is 2.90. The highest BCUT2D eigenvalue weighted by molar-refractivity contribution is 5.24. The Morgan fingerprint density at radius 3 is 2.59 bits per heavy atom. The zero-order chi connectivity index (χ0) is 12.1. The van der Waals surface area contributed by atoms with E-state index in [1.54, 1.807) is 6.20 Å². The second kappa shape index (κ2) is 5.57. The molecule has 2 rings (SSSR count). The molecule has 2 aromatic rings. The summed E-state index contributed by atoms with van der Waals surface area (Å²) in [6.07, 6.45) is 2.65. The molecule has 1 unspecified atom stereocenters. The van der Waals surface area contributed by atoms with E-state index < -0.39 is 0 Å². The first kappa shape index (κ1) is 11.8. The number of benzene rings is 1. The molecular weight excluding hydrogens is 210 g/mol. The number of hydrazine groups is 1. The van der Waals surface area contributed by atoms with Gasteiger partial charge >= 0.3 is 0 Å². The molecule has 0 aliphatic heterocycles. The lowest BCUT2D eigenvalue weighted by molar-refractivity contribution is 0.535. The maximum atomic E-state index is 5.63. The second-order valence-electron chi connectivity index (χ2n) is 4.11. The summed E-state index contributed by atoms with van der Waals surface area (Å²) in [5.74, 6) is 5.63. The van der Waals surface area contributed by atoms with Crippen LogP contribution in [0.5, 0.6) is 0 Å². The van der Waals surface area contributed by atoms with Gasteiger partial charge in [-0.3, -0.25) is 16.3 Å². The average molecular weight is 227 g/mol. The van der Waals surface area contributed by atoms with Crippen LogP contribution in [0.4, 0.5) is 0 Å². The number of nitrogens with two attached hydrogens (primary N) is 1. The standard InChI is InChI=1S/C14H17N3/c1-11-6-5-9-16-14(11)13(17-15)10-12-7-3-2-4-8-12/h2-9,13,17H,10,15H2,1H3. The SMILES string of the molecule is Cc1cccnc1C(Cc1ccccc1)NN. The predicted octanol–water partition coefficient (Wildman–Crippen LogP) is 2.14. The van der Waals surface area contributed by atoms with Crippen LogP contribution in [-0.2, 0) is 6.42 Å². The Morgan fingerprint density at radius 1 is 1.18 bits per heavy atom. The van der Waals surface area contributed by atoms with Gasteiger partial charge in [-0.15, -0.1) is 0 Å². The van der Waals surface area contributed by atoms with E-state index in [1.807, 2.05) is 24.3 Å². The van der Waals surface area contributed by atoms with Crippen LogP contribution in [-0.4, -0.2) is 4.98 Å². The van der Waals surface area contributed by atoms with E-state index in [4.69, 9.17) is 5.84 Å². The van der Waals surface area contributed by atoms with Crippen molar-refractivity contribution in [3.05, 3.63) is 65.5 Å². The zero-order valence-electron chi connectivity index (χ0n) is 9.93. The molecular formula is C14H17N3. The van der Waals surface area contributed by atoms with Crippen LogP contribution in [0.3, 0.4) is 0 Å². The molecule has 0 aliphatic carbocycles. The number of hydrogen-bond donors (Lipinski definition) is 2. The first-order valence-corrected chi connectivity index (χ1v) is 5.73. The summed E-state index contributed by atoms with van der Waals surface area (Å²) < 4.78 is 0. The van der Waals surface area contributed by atoms with Crippen LogP contribution in [0.25, 0.3) is 0 Å². The molecule has 1 aromatic heterocycles. The molecule has 88 valence electrons. The first-order chi connectivity index (χ1) is 8.31. The average Bonchev–Trinajstić information content (AvgIpc) is 2.38. The van der Waals surface area contributed by atoms with Crippen molar-refractivity contribution in [2.24, 2.45) is 5.84 Å². The lowest BCUT2D eigenvalue weighted by Crippen LogP contribution is -2.30. The van der Waals surface area contributed by atoms with Crippen LogP contribution in [0.1, 0.15) is 22.9 Å². The molecule has 0 amide bonds. The second-order valence-corrected chi connectivity index (χ2v) is 4.11. The summed E-state index contributed by atoms with van der Waals surface area (Å²) >= 11 is 0. The molecule has 0 saturated carbocycles. The van der Waals surface area contributed by atoms with E-state index in [9.17, 15) is 0 Å². The molecule has 0 aliphatic rings. The van der Waals surface area contributed by atoms with Crippen LogP contribution < -0.4 is 11.3 Å². The largest absolute Gasteiger partial charge is 0.271 e. The Hall–Kier alpha value is -1.71. The minimum atomic E-state index is 0.0543. The van der Waals surface area contributed by atoms with E-state index in [0.717, 1.165) is 17.7 Å². The summed E-state index contributed by atoms with van der Waals surface area (Å²) in [5.41, 5.74) is 6.27. The summed E-state index contributed by atoms with van der Waals surface area (Å²) in [6, 6.07) is 14.3. The van der Waals surface area contributed by atoms with Gasteiger partial charge in [-0.25, -0.2) is 0 Å². The number of hydrogen-bond acceptors (Lipinski definition) is 3. The van der Waals surface area contributed by atoms with Gasteiger partial charge in [-0.1, -0.05) is 36.4 Å². The smallest absolute Gasteiger partial charge is 0.0675 e. The highest BCUT2D eigenvalue weighted by Crippen LogP contribution is 2.18. The number of rotatable bonds is 4. The fourth-order valence-electron chi connectivity index (χ4n) is 1.95. The monoisotopic (exact) mass is 227 g/mol. The van der Waals surface area contributed by atoms with Crippen molar-refractivity contribution in [3.63, 3.8) is 0 Å². The third-order valence-corrected chi connectivity index (χ3v) is 2.86. The number of pyridine rings is 1. The molecule has 1 heterocycles. The Labute approximate surface area is 102 Å². The molecule has 0 radical (unpaired) electrons. The van der Waals surface area contributed by atoms with Gasteiger partial charge in [0, 0.05) is 6.20 Å². The molecule has 0 bridgehead atoms. The van der Waals surface area contributed by atoms with Gasteiger partial charge in [0.15, 0.2) is 0 Å². The summed E-state index contributed by atoms with van der Waals surface area (Å²) in [6.45, 7) is 2.05. The summed E-state index contributed by atoms with van der Waals surface area (Å²) in [4.78, 5) is 4.40. The van der Waals surface area contributed by atoms with Gasteiger partial charge in [-0.05, 0) is 30.5 Å². The highest BCUT2D eigenvalue weighted by atomic mass is 15.2. The van der Waals surface area contributed by atoms with Crippen molar-refractivity contribution in [2.75, 3.05) is 0 Å². The summed E-state index contributed by atoms with van der Waals surface area (Å²) in [7, 11) is 0. The number of aromatic nitrogens is 1. The topological polar surface area (TPSA) is 50.9 Å². The molecule has 1 aromatic carbocycles. The molecule has 0 saturated heterocycles. The molecule has 3 nitrogen and oxygen atoms in total. The Kier molecular flexibility index (Phi) is 3.85. The van der Waals surface area contributed by atoms with Crippen molar-refractivity contribution >= 4 is 0 Å². The Bertz CT molecular complexity index is 468. The number of aryl methyl sites for hydroxylation is 1. The fraction of sp³-hybridized carbons (Fsp3) is 0.214. The van der Waals surface area contributed by atoms with Crippen molar-refractivity contribution in [1.29, 1.82) is 0 Å². The van der Waals surface area contributed by atoms with Gasteiger partial charge in [-0.2, -0.15) is 0 Å². The molecule has 0 fully saturated rings. The Balaban J connectivity index is 2.21. The van der Waals surface area contributed by atoms with E-state index >= 15 is 0 Å². The van der Waals surface area contributed by atoms with Crippen LogP contribution in [0, 0.1) is 6.92 Å². The van der Waals surface area contributed by atoms with Gasteiger partial charge in [0.2, 0.25) is 0 Å². The maximum absolute atomic E-state index is 5.63. The molecule has 3 heteroatoms. The third-order valence-electron chi connectivity index (χ3n) is 2.86. The minimum Gasteiger partial charge on any atom is -0.271 e. The molecule has 0 spiro atoms. The van der Waals surface area contributed by atoms with E-state index in [2.05, 4.69) is 35.5 Å². The molecule has 1 atom stereocenters. The van der Waals surface area contributed by atoms with Crippen molar-refractivity contribution in [3.8, 4) is 0 Å². The van der Waals surface area contributed by atoms with Gasteiger partial charge < -0.3 is 0 Å². The number of nitrogens with zero attached hydrogens (tertiary/aromatic N) is 1. The quantitative estimate of drug-likeness (QED) is 0.621. The predicted molar refractivity (Wildman–Crippen MR) is 69.2 cm³/mol. The minimum absolute atomic E-state index is 0.0543. The van der Waals surface area contributed by atoms with E-state index in [0.29, 0.717) is 0 Å². The first-order valence-electron chi connectivity index (χ1n) is 5.73. The van der Waals surface area contributed by atoms with Crippen LogP contribution in [0.15, 0.2) is 48.7 Å². The van der Waals surface area contributed by atoms with Crippen LogP contribution in [0.2, 0.25) is 0 Å². The van der Waals surface area contributed by atoms with Crippen molar-refractivity contribution in [1.82, 2.24) is 10.4 Å². The normalized spacial score (nSPS) is 12.4. The van der Waals surface area contributed by atoms with E-state index in [-0.39, 0.29) is 6.04 Å². The number of nitrogens with one attached hydrogen (secondary N) is 1. The maximum Gasteiger partial charge on any atom is 0.0675 e. The fourth-order valence-corrected chi connectivity index (χ4v) is 1.95. The van der Waals surface area contributed by atoms with Crippen LogP contribution >= 0.6 is 0 Å². The van der Waals surface area contributed by atoms with Gasteiger partial charge in [0.1, 0.15) is 0 Å². The Morgan fingerprint density at radius 2 is 1.94 bits per heavy atom. The molecule has 3 N–H and O–H groups in total. The van der Waals surface area contributed by atoms with E-state index in [1.165, 1.54) is 5.56 Å². The summed E-state index contributed by atoms with van der Waals surface area (Å²) in [5, 5.41) is 0. The zero-order valence-corrected chi connectivity index (χ0v) is 9.93. The molecule has 17 heavy (non-hydrogen) atoms. The van der Waals surface area contributed by atoms with Gasteiger partial charge in [0.05, 0.1) is 11.7 Å².